The van der Waals surface area contributed by atoms with Crippen molar-refractivity contribution < 1.29 is 14.3 Å². The third-order valence-corrected chi connectivity index (χ3v) is 8.31. The summed E-state index contributed by atoms with van der Waals surface area (Å²) >= 11 is 11.4. The van der Waals surface area contributed by atoms with Gasteiger partial charge in [-0.15, -0.1) is 0 Å². The van der Waals surface area contributed by atoms with Gasteiger partial charge in [-0.2, -0.15) is 0 Å². The van der Waals surface area contributed by atoms with Gasteiger partial charge >= 0.3 is 6.09 Å². The summed E-state index contributed by atoms with van der Waals surface area (Å²) in [5.74, 6) is 0.562. The molecule has 1 aliphatic heterocycles. The van der Waals surface area contributed by atoms with Gasteiger partial charge in [-0.1, -0.05) is 43.0 Å². The molecule has 2 amide bonds. The molecule has 0 aromatic heterocycles. The van der Waals surface area contributed by atoms with E-state index in [0.717, 1.165) is 24.9 Å². The predicted molar refractivity (Wildman–Crippen MR) is 153 cm³/mol. The Morgan fingerprint density at radius 2 is 1.76 bits per heavy atom. The van der Waals surface area contributed by atoms with Crippen LogP contribution >= 0.6 is 23.8 Å². The lowest BCUT2D eigenvalue weighted by molar-refractivity contribution is -0.136. The van der Waals surface area contributed by atoms with Gasteiger partial charge in [0.25, 0.3) is 0 Å². The summed E-state index contributed by atoms with van der Waals surface area (Å²) < 4.78 is 5.47. The van der Waals surface area contributed by atoms with Crippen molar-refractivity contribution in [3.8, 4) is 0 Å². The molecule has 1 aromatic rings. The number of thiocarbonyl (C=S) groups is 1. The lowest BCUT2D eigenvalue weighted by atomic mass is 9.63. The fraction of sp³-hybridized carbons (Fsp3) is 0.679. The van der Waals surface area contributed by atoms with E-state index in [1.807, 2.05) is 44.9 Å². The number of nitrogens with zero attached hydrogens (tertiary/aromatic N) is 1. The van der Waals surface area contributed by atoms with Crippen LogP contribution in [0.5, 0.6) is 0 Å². The van der Waals surface area contributed by atoms with Crippen LogP contribution in [-0.4, -0.2) is 60.3 Å². The van der Waals surface area contributed by atoms with E-state index in [2.05, 4.69) is 16.0 Å². The zero-order valence-corrected chi connectivity index (χ0v) is 24.3. The number of nitrogens with one attached hydrogen (secondary N) is 3. The second-order valence-electron chi connectivity index (χ2n) is 11.5. The SMILES string of the molecule is CNC(=S)NCC1(C2CCCCC2)CCN(C(=O)C(Cc2ccc(Cl)cc2)NC(=O)OC(C)(C)C)CC1. The Balaban J connectivity index is 1.72. The number of amides is 2. The third kappa shape index (κ3) is 8.74. The number of benzene rings is 1. The predicted octanol–water partition coefficient (Wildman–Crippen LogP) is 5.06. The Morgan fingerprint density at radius 1 is 1.14 bits per heavy atom. The Morgan fingerprint density at radius 3 is 2.32 bits per heavy atom. The molecule has 3 N–H and O–H groups in total. The molecule has 0 spiro atoms. The second kappa shape index (κ2) is 13.1. The molecule has 1 saturated carbocycles. The first-order chi connectivity index (χ1) is 17.5. The molecular weight excluding hydrogens is 508 g/mol. The average molecular weight is 551 g/mol. The Kier molecular flexibility index (Phi) is 10.5. The molecule has 1 aliphatic carbocycles. The van der Waals surface area contributed by atoms with Crippen LogP contribution in [0.15, 0.2) is 24.3 Å². The molecule has 7 nitrogen and oxygen atoms in total. The molecule has 2 fully saturated rings. The van der Waals surface area contributed by atoms with Gasteiger partial charge in [0.15, 0.2) is 5.11 Å². The summed E-state index contributed by atoms with van der Waals surface area (Å²) in [6.07, 6.45) is 7.95. The van der Waals surface area contributed by atoms with E-state index in [1.165, 1.54) is 32.1 Å². The minimum absolute atomic E-state index is 0.0724. The van der Waals surface area contributed by atoms with Crippen molar-refractivity contribution in [2.45, 2.75) is 83.8 Å². The number of rotatable bonds is 7. The molecule has 1 saturated heterocycles. The minimum Gasteiger partial charge on any atom is -0.444 e. The number of hydrogen-bond acceptors (Lipinski definition) is 4. The van der Waals surface area contributed by atoms with Crippen molar-refractivity contribution in [2.24, 2.45) is 11.3 Å². The van der Waals surface area contributed by atoms with E-state index in [0.29, 0.717) is 35.6 Å². The van der Waals surface area contributed by atoms with Gasteiger partial charge in [-0.25, -0.2) is 4.79 Å². The minimum atomic E-state index is -0.715. The van der Waals surface area contributed by atoms with Crippen molar-refractivity contribution in [1.82, 2.24) is 20.9 Å². The summed E-state index contributed by atoms with van der Waals surface area (Å²) in [6, 6.07) is 6.66. The molecule has 1 heterocycles. The first-order valence-electron chi connectivity index (χ1n) is 13.5. The summed E-state index contributed by atoms with van der Waals surface area (Å²) in [6.45, 7) is 7.58. The molecule has 2 aliphatic rings. The number of carbonyl (C=O) groups excluding carboxylic acids is 2. The third-order valence-electron chi connectivity index (χ3n) is 7.71. The number of alkyl carbamates (subject to hydrolysis) is 1. The number of likely N-dealkylation sites (tertiary alicyclic amines) is 1. The Labute approximate surface area is 232 Å². The average Bonchev–Trinajstić information content (AvgIpc) is 2.87. The maximum absolute atomic E-state index is 13.8. The van der Waals surface area contributed by atoms with Crippen LogP contribution in [0.4, 0.5) is 4.79 Å². The molecule has 1 unspecified atom stereocenters. The maximum atomic E-state index is 13.8. The maximum Gasteiger partial charge on any atom is 0.408 e. The van der Waals surface area contributed by atoms with E-state index in [9.17, 15) is 9.59 Å². The molecule has 3 rings (SSSR count). The number of ether oxygens (including phenoxy) is 1. The van der Waals surface area contributed by atoms with E-state index in [-0.39, 0.29) is 11.3 Å². The largest absolute Gasteiger partial charge is 0.444 e. The normalized spacial score (nSPS) is 19.0. The fourth-order valence-corrected chi connectivity index (χ4v) is 5.89. The lowest BCUT2D eigenvalue weighted by Gasteiger charge is -2.48. The first-order valence-corrected chi connectivity index (χ1v) is 14.3. The van der Waals surface area contributed by atoms with Gasteiger partial charge in [-0.05, 0) is 87.7 Å². The molecule has 9 heteroatoms. The Bertz CT molecular complexity index is 920. The highest BCUT2D eigenvalue weighted by atomic mass is 35.5. The van der Waals surface area contributed by atoms with Crippen LogP contribution in [0.2, 0.25) is 5.02 Å². The molecule has 0 radical (unpaired) electrons. The van der Waals surface area contributed by atoms with Crippen molar-refractivity contribution in [3.63, 3.8) is 0 Å². The van der Waals surface area contributed by atoms with Crippen LogP contribution < -0.4 is 16.0 Å². The van der Waals surface area contributed by atoms with Gasteiger partial charge in [0.05, 0.1) is 0 Å². The number of carbonyl (C=O) groups is 2. The molecule has 37 heavy (non-hydrogen) atoms. The summed E-state index contributed by atoms with van der Waals surface area (Å²) in [5, 5.41) is 10.6. The smallest absolute Gasteiger partial charge is 0.408 e. The highest BCUT2D eigenvalue weighted by molar-refractivity contribution is 7.80. The van der Waals surface area contributed by atoms with E-state index >= 15 is 0 Å². The van der Waals surface area contributed by atoms with E-state index in [1.54, 1.807) is 12.1 Å². The quantitative estimate of drug-likeness (QED) is 0.412. The van der Waals surface area contributed by atoms with Crippen molar-refractivity contribution in [3.05, 3.63) is 34.9 Å². The molecule has 1 atom stereocenters. The molecule has 1 aromatic carbocycles. The number of piperidine rings is 1. The van der Waals surface area contributed by atoms with Gasteiger partial charge in [0.1, 0.15) is 11.6 Å². The van der Waals surface area contributed by atoms with Crippen LogP contribution in [0.3, 0.4) is 0 Å². The van der Waals surface area contributed by atoms with Crippen LogP contribution in [0.1, 0.15) is 71.3 Å². The topological polar surface area (TPSA) is 82.7 Å². The van der Waals surface area contributed by atoms with Crippen LogP contribution in [0, 0.1) is 11.3 Å². The number of hydrogen-bond donors (Lipinski definition) is 3. The van der Waals surface area contributed by atoms with Gasteiger partial charge in [0, 0.05) is 38.1 Å². The Hall–Kier alpha value is -2.06. The highest BCUT2D eigenvalue weighted by Crippen LogP contribution is 2.45. The van der Waals surface area contributed by atoms with Gasteiger partial charge in [0.2, 0.25) is 5.91 Å². The van der Waals surface area contributed by atoms with E-state index in [4.69, 9.17) is 28.6 Å². The zero-order valence-electron chi connectivity index (χ0n) is 22.7. The van der Waals surface area contributed by atoms with E-state index < -0.39 is 17.7 Å². The lowest BCUT2D eigenvalue weighted by Crippen LogP contribution is -2.56. The molecule has 206 valence electrons. The van der Waals surface area contributed by atoms with Crippen molar-refractivity contribution in [2.75, 3.05) is 26.7 Å². The zero-order chi connectivity index (χ0) is 27.1. The monoisotopic (exact) mass is 550 g/mol. The second-order valence-corrected chi connectivity index (χ2v) is 12.3. The van der Waals surface area contributed by atoms with Gasteiger partial charge in [-0.3, -0.25) is 4.79 Å². The first kappa shape index (κ1) is 29.5. The summed E-state index contributed by atoms with van der Waals surface area (Å²) in [4.78, 5) is 28.3. The van der Waals surface area contributed by atoms with Gasteiger partial charge < -0.3 is 25.6 Å². The summed E-state index contributed by atoms with van der Waals surface area (Å²) in [5.41, 5.74) is 0.392. The number of halogens is 1. The standard InChI is InChI=1S/C28H43ClN4O3S/c1-27(2,3)36-26(35)32-23(18-20-10-12-22(29)13-11-20)24(34)33-16-14-28(15-17-33,19-31-25(37)30-4)21-8-6-5-7-9-21/h10-13,21,23H,5-9,14-19H2,1-4H3,(H,32,35)(H2,30,31,37). The highest BCUT2D eigenvalue weighted by Gasteiger charge is 2.43. The van der Waals surface area contributed by atoms with Crippen molar-refractivity contribution in [1.29, 1.82) is 0 Å². The van der Waals surface area contributed by atoms with Crippen LogP contribution in [0.25, 0.3) is 0 Å². The van der Waals surface area contributed by atoms with Crippen molar-refractivity contribution >= 4 is 40.9 Å². The fourth-order valence-electron chi connectivity index (χ4n) is 5.69. The molecule has 0 bridgehead atoms. The molecular formula is C28H43ClN4O3S. The van der Waals surface area contributed by atoms with Crippen LogP contribution in [-0.2, 0) is 16.0 Å². The summed E-state index contributed by atoms with van der Waals surface area (Å²) in [7, 11) is 1.84.